The summed E-state index contributed by atoms with van der Waals surface area (Å²) < 4.78 is 2.73. The Bertz CT molecular complexity index is 722. The summed E-state index contributed by atoms with van der Waals surface area (Å²) in [6.45, 7) is 6.59. The fourth-order valence-electron chi connectivity index (χ4n) is 3.42. The predicted octanol–water partition coefficient (Wildman–Crippen LogP) is 1.04. The number of piperidine rings is 1. The summed E-state index contributed by atoms with van der Waals surface area (Å²) in [7, 11) is 3.35. The van der Waals surface area contributed by atoms with Crippen LogP contribution in [0.4, 0.5) is 5.82 Å². The summed E-state index contributed by atoms with van der Waals surface area (Å²) in [5.41, 5.74) is -0.614. The summed E-state index contributed by atoms with van der Waals surface area (Å²) in [6, 6.07) is 1.51. The van der Waals surface area contributed by atoms with Crippen LogP contribution >= 0.6 is 0 Å². The van der Waals surface area contributed by atoms with Crippen LogP contribution in [0.1, 0.15) is 39.5 Å². The zero-order valence-electron chi connectivity index (χ0n) is 15.8. The second-order valence-corrected chi connectivity index (χ2v) is 6.83. The molecule has 0 aliphatic carbocycles. The molecule has 0 aromatic carbocycles. The van der Waals surface area contributed by atoms with Crippen molar-refractivity contribution < 1.29 is 4.79 Å². The summed E-state index contributed by atoms with van der Waals surface area (Å²) in [4.78, 5) is 40.9. The van der Waals surface area contributed by atoms with Gasteiger partial charge in [-0.25, -0.2) is 4.79 Å². The summed E-state index contributed by atoms with van der Waals surface area (Å²) >= 11 is 0. The van der Waals surface area contributed by atoms with E-state index in [1.807, 2.05) is 23.8 Å². The van der Waals surface area contributed by atoms with Gasteiger partial charge in [-0.15, -0.1) is 0 Å². The molecule has 1 atom stereocenters. The van der Waals surface area contributed by atoms with E-state index in [0.29, 0.717) is 18.9 Å². The molecule has 1 aliphatic heterocycles. The Morgan fingerprint density at radius 3 is 2.68 bits per heavy atom. The van der Waals surface area contributed by atoms with Gasteiger partial charge in [-0.05, 0) is 26.2 Å². The summed E-state index contributed by atoms with van der Waals surface area (Å²) in [5.74, 6) is 0.705. The smallest absolute Gasteiger partial charge is 0.332 e. The second kappa shape index (κ2) is 8.36. The van der Waals surface area contributed by atoms with E-state index < -0.39 is 0 Å². The fraction of sp³-hybridized carbons (Fsp3) is 0.722. The number of anilines is 1. The van der Waals surface area contributed by atoms with Crippen LogP contribution in [0, 0.1) is 5.92 Å². The quantitative estimate of drug-likeness (QED) is 0.769. The average Bonchev–Trinajstić information content (AvgIpc) is 2.63. The van der Waals surface area contributed by atoms with Crippen molar-refractivity contribution in [2.75, 3.05) is 31.6 Å². The molecule has 2 heterocycles. The highest BCUT2D eigenvalue weighted by molar-refractivity contribution is 5.79. The lowest BCUT2D eigenvalue weighted by Crippen LogP contribution is -2.47. The molecule has 7 heteroatoms. The number of unbranched alkanes of at least 4 members (excludes halogenated alkanes) is 1. The van der Waals surface area contributed by atoms with E-state index in [9.17, 15) is 14.4 Å². The third-order valence-electron chi connectivity index (χ3n) is 5.01. The van der Waals surface area contributed by atoms with Crippen molar-refractivity contribution in [1.82, 2.24) is 14.0 Å². The topological polar surface area (TPSA) is 67.6 Å². The molecule has 2 rings (SSSR count). The van der Waals surface area contributed by atoms with Crippen molar-refractivity contribution in [1.29, 1.82) is 0 Å². The molecule has 0 N–H and O–H groups in total. The van der Waals surface area contributed by atoms with Crippen molar-refractivity contribution in [3.05, 3.63) is 26.9 Å². The number of hydrogen-bond donors (Lipinski definition) is 0. The molecule has 0 saturated carbocycles. The fourth-order valence-corrected chi connectivity index (χ4v) is 3.42. The Hall–Kier alpha value is -2.05. The number of nitrogens with zero attached hydrogens (tertiary/aromatic N) is 4. The van der Waals surface area contributed by atoms with E-state index in [-0.39, 0.29) is 23.1 Å². The number of carbonyl (C=O) groups excluding carboxylic acids is 1. The number of amides is 1. The van der Waals surface area contributed by atoms with Gasteiger partial charge >= 0.3 is 5.69 Å². The number of aromatic nitrogens is 2. The molecule has 0 bridgehead atoms. The Balaban J connectivity index is 2.23. The zero-order chi connectivity index (χ0) is 18.6. The normalized spacial score (nSPS) is 17.6. The predicted molar refractivity (Wildman–Crippen MR) is 99.1 cm³/mol. The molecule has 1 unspecified atom stereocenters. The van der Waals surface area contributed by atoms with Crippen LogP contribution in [0.25, 0.3) is 0 Å². The highest BCUT2D eigenvalue weighted by atomic mass is 16.2. The highest BCUT2D eigenvalue weighted by Crippen LogP contribution is 2.23. The standard InChI is InChI=1S/C18H30N4O3/c1-5-7-10-19(3)17(24)14-9-8-11-21(13-14)15-12-16(23)20(4)18(25)22(15)6-2/h12,14H,5-11,13H2,1-4H3. The van der Waals surface area contributed by atoms with E-state index in [1.54, 1.807) is 4.57 Å². The minimum Gasteiger partial charge on any atom is -0.357 e. The summed E-state index contributed by atoms with van der Waals surface area (Å²) in [5, 5.41) is 0. The van der Waals surface area contributed by atoms with E-state index in [0.717, 1.165) is 43.3 Å². The Morgan fingerprint density at radius 2 is 2.04 bits per heavy atom. The molecular formula is C18H30N4O3. The van der Waals surface area contributed by atoms with Crippen LogP contribution in [-0.4, -0.2) is 46.6 Å². The van der Waals surface area contributed by atoms with Crippen LogP contribution in [0.5, 0.6) is 0 Å². The van der Waals surface area contributed by atoms with Crippen LogP contribution in [-0.2, 0) is 18.4 Å². The zero-order valence-corrected chi connectivity index (χ0v) is 15.8. The molecule has 1 amide bonds. The Labute approximate surface area is 148 Å². The van der Waals surface area contributed by atoms with Gasteiger partial charge in [0, 0.05) is 46.3 Å². The molecular weight excluding hydrogens is 320 g/mol. The molecule has 1 aromatic heterocycles. The monoisotopic (exact) mass is 350 g/mol. The maximum absolute atomic E-state index is 12.7. The van der Waals surface area contributed by atoms with Crippen LogP contribution in [0.3, 0.4) is 0 Å². The molecule has 7 nitrogen and oxygen atoms in total. The van der Waals surface area contributed by atoms with Crippen LogP contribution < -0.4 is 16.1 Å². The molecule has 0 spiro atoms. The third kappa shape index (κ3) is 4.14. The first-order valence-corrected chi connectivity index (χ1v) is 9.21. The third-order valence-corrected chi connectivity index (χ3v) is 5.01. The SMILES string of the molecule is CCCCN(C)C(=O)C1CCCN(c2cc(=O)n(C)c(=O)n2CC)C1. The minimum absolute atomic E-state index is 0.0833. The molecule has 1 aliphatic rings. The van der Waals surface area contributed by atoms with Gasteiger partial charge in [-0.1, -0.05) is 13.3 Å². The van der Waals surface area contributed by atoms with Gasteiger partial charge in [0.25, 0.3) is 5.56 Å². The second-order valence-electron chi connectivity index (χ2n) is 6.83. The van der Waals surface area contributed by atoms with E-state index in [1.165, 1.54) is 13.1 Å². The van der Waals surface area contributed by atoms with Crippen LogP contribution in [0.2, 0.25) is 0 Å². The molecule has 1 saturated heterocycles. The van der Waals surface area contributed by atoms with Crippen molar-refractivity contribution in [3.63, 3.8) is 0 Å². The number of carbonyl (C=O) groups is 1. The van der Waals surface area contributed by atoms with Crippen molar-refractivity contribution in [2.45, 2.75) is 46.1 Å². The highest BCUT2D eigenvalue weighted by Gasteiger charge is 2.29. The Kier molecular flexibility index (Phi) is 6.45. The molecule has 0 radical (unpaired) electrons. The number of rotatable bonds is 6. The van der Waals surface area contributed by atoms with E-state index >= 15 is 0 Å². The minimum atomic E-state index is -0.307. The lowest BCUT2D eigenvalue weighted by Gasteiger charge is -2.36. The molecule has 140 valence electrons. The molecule has 25 heavy (non-hydrogen) atoms. The van der Waals surface area contributed by atoms with E-state index in [4.69, 9.17) is 0 Å². The van der Waals surface area contributed by atoms with E-state index in [2.05, 4.69) is 6.92 Å². The van der Waals surface area contributed by atoms with Crippen molar-refractivity contribution in [3.8, 4) is 0 Å². The van der Waals surface area contributed by atoms with Gasteiger partial charge in [0.15, 0.2) is 0 Å². The van der Waals surface area contributed by atoms with Crippen molar-refractivity contribution >= 4 is 11.7 Å². The van der Waals surface area contributed by atoms with Gasteiger partial charge in [-0.2, -0.15) is 0 Å². The summed E-state index contributed by atoms with van der Waals surface area (Å²) in [6.07, 6.45) is 3.80. The average molecular weight is 350 g/mol. The number of hydrogen-bond acceptors (Lipinski definition) is 4. The van der Waals surface area contributed by atoms with Gasteiger partial charge < -0.3 is 9.80 Å². The first-order chi connectivity index (χ1) is 11.9. The maximum Gasteiger partial charge on any atom is 0.332 e. The largest absolute Gasteiger partial charge is 0.357 e. The van der Waals surface area contributed by atoms with Gasteiger partial charge in [0.05, 0.1) is 5.92 Å². The molecule has 1 aromatic rings. The van der Waals surface area contributed by atoms with Gasteiger partial charge in [-0.3, -0.25) is 18.7 Å². The Morgan fingerprint density at radius 1 is 1.32 bits per heavy atom. The van der Waals surface area contributed by atoms with Crippen LogP contribution in [0.15, 0.2) is 15.7 Å². The maximum atomic E-state index is 12.7. The van der Waals surface area contributed by atoms with Gasteiger partial charge in [0.1, 0.15) is 5.82 Å². The van der Waals surface area contributed by atoms with Gasteiger partial charge in [0.2, 0.25) is 5.91 Å². The van der Waals surface area contributed by atoms with Crippen molar-refractivity contribution in [2.24, 2.45) is 13.0 Å². The first-order valence-electron chi connectivity index (χ1n) is 9.21. The lowest BCUT2D eigenvalue weighted by atomic mass is 9.96. The molecule has 1 fully saturated rings. The lowest BCUT2D eigenvalue weighted by molar-refractivity contribution is -0.134. The first kappa shape index (κ1) is 19.3.